The summed E-state index contributed by atoms with van der Waals surface area (Å²) in [6.45, 7) is 2.05. The Kier molecular flexibility index (Phi) is 4.81. The van der Waals surface area contributed by atoms with Crippen molar-refractivity contribution in [2.45, 2.75) is 11.3 Å². The van der Waals surface area contributed by atoms with Crippen LogP contribution in [0, 0.1) is 0 Å². The number of benzene rings is 1. The van der Waals surface area contributed by atoms with E-state index in [1.54, 1.807) is 17.1 Å². The zero-order valence-corrected chi connectivity index (χ0v) is 14.1. The van der Waals surface area contributed by atoms with Crippen LogP contribution in [0.25, 0.3) is 10.6 Å². The molecule has 2 heterocycles. The SMILES string of the molecule is CCSc1nnc(NC(=O)c2csc(-c3ccccc3)n2)s1. The monoisotopic (exact) mass is 348 g/mol. The van der Waals surface area contributed by atoms with Gasteiger partial charge in [0.25, 0.3) is 5.91 Å². The number of hydrogen-bond donors (Lipinski definition) is 1. The number of nitrogens with one attached hydrogen (secondary N) is 1. The molecule has 0 aliphatic heterocycles. The van der Waals surface area contributed by atoms with Crippen molar-refractivity contribution in [3.05, 3.63) is 41.4 Å². The van der Waals surface area contributed by atoms with Crippen LogP contribution in [-0.4, -0.2) is 26.8 Å². The van der Waals surface area contributed by atoms with Crippen LogP contribution in [-0.2, 0) is 0 Å². The van der Waals surface area contributed by atoms with E-state index in [2.05, 4.69) is 20.5 Å². The summed E-state index contributed by atoms with van der Waals surface area (Å²) in [4.78, 5) is 16.6. The smallest absolute Gasteiger partial charge is 0.276 e. The van der Waals surface area contributed by atoms with Crippen LogP contribution < -0.4 is 5.32 Å². The first kappa shape index (κ1) is 15.1. The Bertz CT molecular complexity index is 769. The van der Waals surface area contributed by atoms with Crippen molar-refractivity contribution in [1.82, 2.24) is 15.2 Å². The van der Waals surface area contributed by atoms with Gasteiger partial charge in [-0.1, -0.05) is 60.4 Å². The van der Waals surface area contributed by atoms with E-state index < -0.39 is 0 Å². The van der Waals surface area contributed by atoms with E-state index in [1.807, 2.05) is 37.3 Å². The maximum atomic E-state index is 12.2. The molecule has 2 aromatic heterocycles. The molecule has 0 bridgehead atoms. The van der Waals surface area contributed by atoms with Crippen LogP contribution in [0.5, 0.6) is 0 Å². The number of rotatable bonds is 5. The molecule has 0 spiro atoms. The summed E-state index contributed by atoms with van der Waals surface area (Å²) >= 11 is 4.41. The number of anilines is 1. The lowest BCUT2D eigenvalue weighted by Crippen LogP contribution is -2.12. The van der Waals surface area contributed by atoms with Gasteiger partial charge in [0.1, 0.15) is 10.7 Å². The third kappa shape index (κ3) is 3.52. The molecular weight excluding hydrogens is 336 g/mol. The van der Waals surface area contributed by atoms with Gasteiger partial charge in [0.05, 0.1) is 0 Å². The fourth-order valence-corrected chi connectivity index (χ4v) is 4.14. The molecule has 0 atom stereocenters. The molecule has 0 unspecified atom stereocenters. The summed E-state index contributed by atoms with van der Waals surface area (Å²) < 4.78 is 0.848. The van der Waals surface area contributed by atoms with Crippen LogP contribution in [0.15, 0.2) is 40.1 Å². The van der Waals surface area contributed by atoms with Crippen molar-refractivity contribution in [1.29, 1.82) is 0 Å². The lowest BCUT2D eigenvalue weighted by molar-refractivity contribution is 0.102. The van der Waals surface area contributed by atoms with Gasteiger partial charge in [0.15, 0.2) is 4.34 Å². The molecule has 3 rings (SSSR count). The molecule has 1 amide bonds. The maximum absolute atomic E-state index is 12.2. The molecule has 8 heteroatoms. The second kappa shape index (κ2) is 6.99. The van der Waals surface area contributed by atoms with Gasteiger partial charge in [0, 0.05) is 10.9 Å². The van der Waals surface area contributed by atoms with E-state index in [4.69, 9.17) is 0 Å². The van der Waals surface area contributed by atoms with Crippen molar-refractivity contribution in [2.24, 2.45) is 0 Å². The first-order chi connectivity index (χ1) is 10.8. The molecule has 0 aliphatic rings. The molecule has 3 aromatic rings. The molecular formula is C14H12N4OS3. The number of thioether (sulfide) groups is 1. The minimum atomic E-state index is -0.261. The van der Waals surface area contributed by atoms with Crippen molar-refractivity contribution >= 4 is 45.5 Å². The predicted molar refractivity (Wildman–Crippen MR) is 91.8 cm³/mol. The molecule has 5 nitrogen and oxygen atoms in total. The fraction of sp³-hybridized carbons (Fsp3) is 0.143. The number of aromatic nitrogens is 3. The summed E-state index contributed by atoms with van der Waals surface area (Å²) in [5.41, 5.74) is 1.40. The second-order valence-electron chi connectivity index (χ2n) is 4.16. The quantitative estimate of drug-likeness (QED) is 0.557. The summed E-state index contributed by atoms with van der Waals surface area (Å²) in [6, 6.07) is 9.79. The molecule has 22 heavy (non-hydrogen) atoms. The number of hydrogen-bond acceptors (Lipinski definition) is 7. The Morgan fingerprint density at radius 3 is 2.86 bits per heavy atom. The Labute approximate surface area is 139 Å². The van der Waals surface area contributed by atoms with Gasteiger partial charge in [-0.25, -0.2) is 4.98 Å². The van der Waals surface area contributed by atoms with Crippen LogP contribution in [0.2, 0.25) is 0 Å². The van der Waals surface area contributed by atoms with E-state index >= 15 is 0 Å². The molecule has 0 fully saturated rings. The van der Waals surface area contributed by atoms with E-state index in [0.717, 1.165) is 20.7 Å². The topological polar surface area (TPSA) is 67.8 Å². The average molecular weight is 348 g/mol. The zero-order valence-electron chi connectivity index (χ0n) is 11.6. The number of nitrogens with zero attached hydrogens (tertiary/aromatic N) is 3. The first-order valence-electron chi connectivity index (χ1n) is 6.55. The van der Waals surface area contributed by atoms with E-state index in [-0.39, 0.29) is 5.91 Å². The van der Waals surface area contributed by atoms with Crippen LogP contribution >= 0.6 is 34.4 Å². The van der Waals surface area contributed by atoms with Crippen LogP contribution in [0.4, 0.5) is 5.13 Å². The van der Waals surface area contributed by atoms with Crippen LogP contribution in [0.1, 0.15) is 17.4 Å². The zero-order chi connectivity index (χ0) is 15.4. The third-order valence-electron chi connectivity index (χ3n) is 2.65. The lowest BCUT2D eigenvalue weighted by Gasteiger charge is -1.97. The Balaban J connectivity index is 1.71. The van der Waals surface area contributed by atoms with E-state index in [1.165, 1.54) is 22.7 Å². The highest BCUT2D eigenvalue weighted by Crippen LogP contribution is 2.26. The molecule has 0 saturated carbocycles. The van der Waals surface area contributed by atoms with Crippen LogP contribution in [0.3, 0.4) is 0 Å². The Morgan fingerprint density at radius 1 is 1.27 bits per heavy atom. The van der Waals surface area contributed by atoms with Crippen molar-refractivity contribution in [3.63, 3.8) is 0 Å². The maximum Gasteiger partial charge on any atom is 0.276 e. The Hall–Kier alpha value is -1.77. The van der Waals surface area contributed by atoms with E-state index in [9.17, 15) is 4.79 Å². The lowest BCUT2D eigenvalue weighted by atomic mass is 10.2. The molecule has 0 aliphatic carbocycles. The molecule has 0 saturated heterocycles. The average Bonchev–Trinajstić information content (AvgIpc) is 3.18. The standard InChI is InChI=1S/C14H12N4OS3/c1-2-20-14-18-17-13(22-14)16-11(19)10-8-21-12(15-10)9-6-4-3-5-7-9/h3-8H,2H2,1H3,(H,16,17,19). The fourth-order valence-electron chi connectivity index (χ4n) is 1.69. The van der Waals surface area contributed by atoms with Gasteiger partial charge in [-0.3, -0.25) is 10.1 Å². The number of carbonyl (C=O) groups is 1. The highest BCUT2D eigenvalue weighted by molar-refractivity contribution is 8.01. The highest BCUT2D eigenvalue weighted by atomic mass is 32.2. The summed E-state index contributed by atoms with van der Waals surface area (Å²) in [5, 5.41) is 13.8. The largest absolute Gasteiger partial charge is 0.295 e. The molecule has 112 valence electrons. The normalized spacial score (nSPS) is 10.6. The number of amides is 1. The second-order valence-corrected chi connectivity index (χ2v) is 7.51. The summed E-state index contributed by atoms with van der Waals surface area (Å²) in [7, 11) is 0. The van der Waals surface area contributed by atoms with Gasteiger partial charge in [-0.2, -0.15) is 0 Å². The minimum absolute atomic E-state index is 0.261. The van der Waals surface area contributed by atoms with Crippen molar-refractivity contribution in [2.75, 3.05) is 11.1 Å². The summed E-state index contributed by atoms with van der Waals surface area (Å²) in [5.74, 6) is 0.664. The Morgan fingerprint density at radius 2 is 2.09 bits per heavy atom. The highest BCUT2D eigenvalue weighted by Gasteiger charge is 2.14. The first-order valence-corrected chi connectivity index (χ1v) is 9.23. The number of thiazole rings is 1. The minimum Gasteiger partial charge on any atom is -0.295 e. The van der Waals surface area contributed by atoms with Crippen molar-refractivity contribution < 1.29 is 4.79 Å². The van der Waals surface area contributed by atoms with Gasteiger partial charge in [-0.05, 0) is 5.75 Å². The van der Waals surface area contributed by atoms with Gasteiger partial charge >= 0.3 is 0 Å². The molecule has 1 N–H and O–H groups in total. The van der Waals surface area contributed by atoms with Crippen molar-refractivity contribution in [3.8, 4) is 10.6 Å². The number of carbonyl (C=O) groups excluding carboxylic acids is 1. The predicted octanol–water partition coefficient (Wildman–Crippen LogP) is 4.03. The molecule has 0 radical (unpaired) electrons. The van der Waals surface area contributed by atoms with Gasteiger partial charge in [-0.15, -0.1) is 21.5 Å². The third-order valence-corrected chi connectivity index (χ3v) is 5.40. The van der Waals surface area contributed by atoms with Gasteiger partial charge in [0.2, 0.25) is 5.13 Å². The van der Waals surface area contributed by atoms with Gasteiger partial charge < -0.3 is 0 Å². The summed E-state index contributed by atoms with van der Waals surface area (Å²) in [6.07, 6.45) is 0. The van der Waals surface area contributed by atoms with E-state index in [0.29, 0.717) is 10.8 Å². The molecule has 1 aromatic carbocycles.